The van der Waals surface area contributed by atoms with Gasteiger partial charge in [-0.1, -0.05) is 0 Å². The predicted octanol–water partition coefficient (Wildman–Crippen LogP) is 1.23. The van der Waals surface area contributed by atoms with Crippen LogP contribution in [0.4, 0.5) is 8.78 Å². The van der Waals surface area contributed by atoms with E-state index in [1.807, 2.05) is 0 Å². The van der Waals surface area contributed by atoms with Crippen LogP contribution in [0.15, 0.2) is 18.5 Å². The van der Waals surface area contributed by atoms with Gasteiger partial charge in [-0.15, -0.1) is 0 Å². The Hall–Kier alpha value is -1.23. The minimum atomic E-state index is -2.51. The quantitative estimate of drug-likeness (QED) is 0.798. The molecule has 0 aliphatic carbocycles. The third-order valence-corrected chi connectivity index (χ3v) is 1.80. The van der Waals surface area contributed by atoms with Crippen molar-refractivity contribution in [3.63, 3.8) is 0 Å². The van der Waals surface area contributed by atoms with E-state index in [0.717, 1.165) is 0 Å². The van der Waals surface area contributed by atoms with Gasteiger partial charge in [0, 0.05) is 6.20 Å². The van der Waals surface area contributed by atoms with Gasteiger partial charge in [0.25, 0.3) is 6.43 Å². The molecule has 14 heavy (non-hydrogen) atoms. The second-order valence-corrected chi connectivity index (χ2v) is 2.94. The highest BCUT2D eigenvalue weighted by Gasteiger charge is 2.15. The first-order valence-corrected chi connectivity index (χ1v) is 4.15. The van der Waals surface area contributed by atoms with Crippen LogP contribution < -0.4 is 10.5 Å². The molecule has 0 saturated carbocycles. The molecule has 1 heterocycles. The molecule has 1 unspecified atom stereocenters. The van der Waals surface area contributed by atoms with E-state index >= 15 is 0 Å². The zero-order valence-electron chi connectivity index (χ0n) is 7.78. The molecule has 0 fully saturated rings. The van der Waals surface area contributed by atoms with Crippen LogP contribution in [-0.2, 0) is 6.42 Å². The minimum absolute atomic E-state index is 0.0991. The molecule has 3 nitrogen and oxygen atoms in total. The summed E-state index contributed by atoms with van der Waals surface area (Å²) in [6, 6.07) is 0.499. The molecule has 78 valence electrons. The number of nitrogens with two attached hydrogens (primary N) is 1. The van der Waals surface area contributed by atoms with E-state index in [9.17, 15) is 8.78 Å². The summed E-state index contributed by atoms with van der Waals surface area (Å²) in [7, 11) is 1.49. The Labute approximate surface area is 80.9 Å². The summed E-state index contributed by atoms with van der Waals surface area (Å²) >= 11 is 0. The first-order valence-electron chi connectivity index (χ1n) is 4.15. The van der Waals surface area contributed by atoms with Gasteiger partial charge in [0.1, 0.15) is 5.75 Å². The van der Waals surface area contributed by atoms with Gasteiger partial charge in [0.05, 0.1) is 19.3 Å². The predicted molar refractivity (Wildman–Crippen MR) is 48.5 cm³/mol. The minimum Gasteiger partial charge on any atom is -0.495 e. The summed E-state index contributed by atoms with van der Waals surface area (Å²) in [5.74, 6) is 0.545. The molecule has 0 aliphatic rings. The molecule has 1 atom stereocenters. The summed E-state index contributed by atoms with van der Waals surface area (Å²) < 4.78 is 29.1. The molecule has 0 spiro atoms. The highest BCUT2D eigenvalue weighted by molar-refractivity contribution is 5.24. The van der Waals surface area contributed by atoms with Crippen molar-refractivity contribution in [3.05, 3.63) is 24.0 Å². The van der Waals surface area contributed by atoms with Crippen molar-refractivity contribution in [3.8, 4) is 5.75 Å². The molecule has 0 radical (unpaired) electrons. The van der Waals surface area contributed by atoms with E-state index in [-0.39, 0.29) is 6.42 Å². The Morgan fingerprint density at radius 3 is 2.79 bits per heavy atom. The Morgan fingerprint density at radius 2 is 2.21 bits per heavy atom. The van der Waals surface area contributed by atoms with Crippen molar-refractivity contribution in [1.82, 2.24) is 4.98 Å². The Bertz CT molecular complexity index is 294. The number of ether oxygens (including phenoxy) is 1. The molecule has 2 N–H and O–H groups in total. The first-order chi connectivity index (χ1) is 6.63. The second kappa shape index (κ2) is 4.85. The van der Waals surface area contributed by atoms with Gasteiger partial charge in [-0.2, -0.15) is 0 Å². The van der Waals surface area contributed by atoms with Crippen LogP contribution in [0.25, 0.3) is 0 Å². The zero-order valence-corrected chi connectivity index (χ0v) is 7.78. The Morgan fingerprint density at radius 1 is 1.50 bits per heavy atom. The average Bonchev–Trinajstić information content (AvgIpc) is 2.18. The summed E-state index contributed by atoms with van der Waals surface area (Å²) in [5.41, 5.74) is 5.87. The van der Waals surface area contributed by atoms with Gasteiger partial charge in [0.2, 0.25) is 0 Å². The third kappa shape index (κ3) is 2.92. The van der Waals surface area contributed by atoms with Crippen LogP contribution >= 0.6 is 0 Å². The van der Waals surface area contributed by atoms with Crippen molar-refractivity contribution < 1.29 is 13.5 Å². The number of alkyl halides is 2. The topological polar surface area (TPSA) is 48.1 Å². The fourth-order valence-electron chi connectivity index (χ4n) is 1.05. The maximum absolute atomic E-state index is 12.1. The van der Waals surface area contributed by atoms with Crippen molar-refractivity contribution >= 4 is 0 Å². The number of methoxy groups -OCH3 is 1. The van der Waals surface area contributed by atoms with Gasteiger partial charge in [-0.05, 0) is 18.1 Å². The van der Waals surface area contributed by atoms with Crippen LogP contribution in [0.1, 0.15) is 5.56 Å². The van der Waals surface area contributed by atoms with Crippen LogP contribution in [-0.4, -0.2) is 24.6 Å². The average molecular weight is 202 g/mol. The highest BCUT2D eigenvalue weighted by Crippen LogP contribution is 2.13. The van der Waals surface area contributed by atoms with Crippen molar-refractivity contribution in [1.29, 1.82) is 0 Å². The Kier molecular flexibility index (Phi) is 3.76. The number of aromatic nitrogens is 1. The number of pyridine rings is 1. The molecule has 1 aromatic rings. The van der Waals surface area contributed by atoms with Gasteiger partial charge < -0.3 is 10.5 Å². The second-order valence-electron chi connectivity index (χ2n) is 2.94. The van der Waals surface area contributed by atoms with Gasteiger partial charge in [-0.25, -0.2) is 8.78 Å². The van der Waals surface area contributed by atoms with Crippen molar-refractivity contribution in [2.75, 3.05) is 7.11 Å². The maximum Gasteiger partial charge on any atom is 0.253 e. The van der Waals surface area contributed by atoms with Crippen LogP contribution in [0.5, 0.6) is 5.75 Å². The molecule has 0 aliphatic heterocycles. The summed E-state index contributed by atoms with van der Waals surface area (Å²) in [6.45, 7) is 0. The summed E-state index contributed by atoms with van der Waals surface area (Å²) in [5, 5.41) is 0. The highest BCUT2D eigenvalue weighted by atomic mass is 19.3. The van der Waals surface area contributed by atoms with E-state index < -0.39 is 12.5 Å². The fourth-order valence-corrected chi connectivity index (χ4v) is 1.05. The van der Waals surface area contributed by atoms with E-state index in [4.69, 9.17) is 10.5 Å². The number of hydrogen-bond acceptors (Lipinski definition) is 3. The van der Waals surface area contributed by atoms with Gasteiger partial charge in [-0.3, -0.25) is 4.98 Å². The van der Waals surface area contributed by atoms with Gasteiger partial charge in [0.15, 0.2) is 0 Å². The van der Waals surface area contributed by atoms with E-state index in [1.165, 1.54) is 19.5 Å². The summed E-state index contributed by atoms with van der Waals surface area (Å²) in [4.78, 5) is 3.84. The van der Waals surface area contributed by atoms with Crippen molar-refractivity contribution in [2.24, 2.45) is 5.73 Å². The van der Waals surface area contributed by atoms with Gasteiger partial charge >= 0.3 is 0 Å². The molecule has 0 saturated heterocycles. The van der Waals surface area contributed by atoms with E-state index in [1.54, 1.807) is 6.07 Å². The molecular formula is C9H12F2N2O. The summed E-state index contributed by atoms with van der Waals surface area (Å²) in [6.07, 6.45) is 0.602. The monoisotopic (exact) mass is 202 g/mol. The lowest BCUT2D eigenvalue weighted by molar-refractivity contribution is 0.116. The lowest BCUT2D eigenvalue weighted by atomic mass is 10.1. The number of rotatable bonds is 4. The first kappa shape index (κ1) is 10.8. The molecule has 1 rings (SSSR count). The van der Waals surface area contributed by atoms with E-state index in [2.05, 4.69) is 4.98 Å². The molecule has 5 heteroatoms. The lowest BCUT2D eigenvalue weighted by Crippen LogP contribution is -2.30. The Balaban J connectivity index is 2.66. The van der Waals surface area contributed by atoms with Crippen LogP contribution in [0, 0.1) is 0 Å². The largest absolute Gasteiger partial charge is 0.495 e. The fraction of sp³-hybridized carbons (Fsp3) is 0.444. The van der Waals surface area contributed by atoms with E-state index in [0.29, 0.717) is 11.3 Å². The van der Waals surface area contributed by atoms with Crippen molar-refractivity contribution in [2.45, 2.75) is 18.9 Å². The normalized spacial score (nSPS) is 12.9. The van der Waals surface area contributed by atoms with Crippen LogP contribution in [0.3, 0.4) is 0 Å². The molecule has 0 amide bonds. The lowest BCUT2D eigenvalue weighted by Gasteiger charge is -2.10. The van der Waals surface area contributed by atoms with Crippen LogP contribution in [0.2, 0.25) is 0 Å². The maximum atomic E-state index is 12.1. The number of halogens is 2. The third-order valence-electron chi connectivity index (χ3n) is 1.80. The number of hydrogen-bond donors (Lipinski definition) is 1. The standard InChI is InChI=1S/C9H12F2N2O/c1-14-7-2-6(4-13-5-7)3-8(12)9(10)11/h2,4-5,8-9H,3,12H2,1H3. The SMILES string of the molecule is COc1cncc(CC(N)C(F)F)c1. The molecular weight excluding hydrogens is 190 g/mol. The zero-order chi connectivity index (χ0) is 10.6. The smallest absolute Gasteiger partial charge is 0.253 e. The molecule has 0 bridgehead atoms. The molecule has 0 aromatic carbocycles. The molecule has 1 aromatic heterocycles. The number of nitrogens with zero attached hydrogens (tertiary/aromatic N) is 1.